The number of carbonyl (C=O) groups excluding carboxylic acids is 1. The van der Waals surface area contributed by atoms with Crippen LogP contribution in [0.4, 0.5) is 8.78 Å². The zero-order valence-corrected chi connectivity index (χ0v) is 11.4. The largest absolute Gasteiger partial charge is 0.481 e. The van der Waals surface area contributed by atoms with Crippen LogP contribution in [0, 0.1) is 17.6 Å². The molecule has 2 N–H and O–H groups in total. The van der Waals surface area contributed by atoms with E-state index in [1.54, 1.807) is 0 Å². The van der Waals surface area contributed by atoms with E-state index in [0.29, 0.717) is 0 Å². The molecule has 0 aliphatic heterocycles. The molecule has 0 aromatic heterocycles. The van der Waals surface area contributed by atoms with Gasteiger partial charge >= 0.3 is 5.97 Å². The lowest BCUT2D eigenvalue weighted by atomic mass is 10.1. The molecule has 0 spiro atoms. The van der Waals surface area contributed by atoms with Crippen molar-refractivity contribution >= 4 is 11.9 Å². The Morgan fingerprint density at radius 1 is 1.33 bits per heavy atom. The zero-order chi connectivity index (χ0) is 15.4. The van der Waals surface area contributed by atoms with Gasteiger partial charge in [0.2, 0.25) is 5.91 Å². The molecule has 1 aliphatic rings. The molecule has 2 rings (SSSR count). The van der Waals surface area contributed by atoms with Gasteiger partial charge in [0.25, 0.3) is 0 Å². The third-order valence-electron chi connectivity index (χ3n) is 3.58. The maximum Gasteiger partial charge on any atom is 0.305 e. The maximum absolute atomic E-state index is 13.4. The first-order chi connectivity index (χ1) is 9.97. The number of aryl methyl sites for hydroxylation is 1. The second-order valence-electron chi connectivity index (χ2n) is 5.32. The van der Waals surface area contributed by atoms with Crippen LogP contribution in [0.1, 0.15) is 31.2 Å². The van der Waals surface area contributed by atoms with E-state index in [9.17, 15) is 18.4 Å². The monoisotopic (exact) mass is 297 g/mol. The lowest BCUT2D eigenvalue weighted by molar-refractivity contribution is -0.137. The molecular weight excluding hydrogens is 280 g/mol. The fourth-order valence-electron chi connectivity index (χ4n) is 2.29. The van der Waals surface area contributed by atoms with E-state index in [1.807, 2.05) is 0 Å². The predicted molar refractivity (Wildman–Crippen MR) is 71.6 cm³/mol. The topological polar surface area (TPSA) is 66.4 Å². The average molecular weight is 297 g/mol. The summed E-state index contributed by atoms with van der Waals surface area (Å²) in [5.41, 5.74) is 0.145. The van der Waals surface area contributed by atoms with Gasteiger partial charge in [0.1, 0.15) is 0 Å². The molecule has 1 fully saturated rings. The smallest absolute Gasteiger partial charge is 0.305 e. The van der Waals surface area contributed by atoms with Gasteiger partial charge in [-0.05, 0) is 36.8 Å². The van der Waals surface area contributed by atoms with Crippen LogP contribution < -0.4 is 5.32 Å². The van der Waals surface area contributed by atoms with E-state index >= 15 is 0 Å². The third kappa shape index (κ3) is 4.51. The minimum absolute atomic E-state index is 0.00319. The number of halogens is 2. The lowest BCUT2D eigenvalue weighted by Crippen LogP contribution is -2.38. The zero-order valence-electron chi connectivity index (χ0n) is 11.4. The molecule has 1 aromatic rings. The fraction of sp³-hybridized carbons (Fsp3) is 0.467. The lowest BCUT2D eigenvalue weighted by Gasteiger charge is -2.16. The molecule has 0 saturated heterocycles. The molecule has 6 heteroatoms. The number of carboxylic acids is 1. The first-order valence-electron chi connectivity index (χ1n) is 6.91. The molecule has 0 radical (unpaired) electrons. The van der Waals surface area contributed by atoms with Gasteiger partial charge in [-0.15, -0.1) is 0 Å². The molecule has 4 nitrogen and oxygen atoms in total. The Morgan fingerprint density at radius 3 is 2.67 bits per heavy atom. The Kier molecular flexibility index (Phi) is 4.88. The summed E-state index contributed by atoms with van der Waals surface area (Å²) < 4.78 is 26.5. The van der Waals surface area contributed by atoms with Crippen molar-refractivity contribution in [1.29, 1.82) is 0 Å². The minimum Gasteiger partial charge on any atom is -0.481 e. The normalized spacial score (nSPS) is 15.5. The maximum atomic E-state index is 13.4. The van der Waals surface area contributed by atoms with Crippen molar-refractivity contribution in [3.8, 4) is 0 Å². The van der Waals surface area contributed by atoms with Crippen molar-refractivity contribution in [3.63, 3.8) is 0 Å². The van der Waals surface area contributed by atoms with Gasteiger partial charge in [-0.3, -0.25) is 9.59 Å². The number of amides is 1. The van der Waals surface area contributed by atoms with E-state index < -0.39 is 17.6 Å². The average Bonchev–Trinajstić information content (AvgIpc) is 3.23. The van der Waals surface area contributed by atoms with Crippen LogP contribution in [0.15, 0.2) is 18.2 Å². The molecule has 0 unspecified atom stereocenters. The molecule has 1 atom stereocenters. The molecule has 21 heavy (non-hydrogen) atoms. The van der Waals surface area contributed by atoms with Crippen molar-refractivity contribution in [3.05, 3.63) is 35.4 Å². The molecule has 114 valence electrons. The Labute approximate surface area is 121 Å². The third-order valence-corrected chi connectivity index (χ3v) is 3.58. The molecule has 1 amide bonds. The Hall–Kier alpha value is -1.98. The standard InChI is InChI=1S/C15H17F2NO3/c16-11-3-1-2-10(15(11)17)6-7-13(19)18-12(8-14(20)21)9-4-5-9/h1-3,9,12H,4-8H2,(H,18,19)(H,20,21)/t12-/m0/s1. The second-order valence-corrected chi connectivity index (χ2v) is 5.32. The SMILES string of the molecule is O=C(O)C[C@H](NC(=O)CCc1cccc(F)c1F)C1CC1. The number of rotatable bonds is 7. The first-order valence-corrected chi connectivity index (χ1v) is 6.91. The van der Waals surface area contributed by atoms with Gasteiger partial charge in [-0.25, -0.2) is 8.78 Å². The summed E-state index contributed by atoms with van der Waals surface area (Å²) in [7, 11) is 0. The highest BCUT2D eigenvalue weighted by atomic mass is 19.2. The van der Waals surface area contributed by atoms with Crippen LogP contribution in [0.25, 0.3) is 0 Å². The number of aliphatic carboxylic acids is 1. The van der Waals surface area contributed by atoms with E-state index in [1.165, 1.54) is 12.1 Å². The quantitative estimate of drug-likeness (QED) is 0.811. The Bertz CT molecular complexity index is 544. The number of benzene rings is 1. The number of hydrogen-bond acceptors (Lipinski definition) is 2. The Balaban J connectivity index is 1.86. The summed E-state index contributed by atoms with van der Waals surface area (Å²) in [4.78, 5) is 22.6. The number of carbonyl (C=O) groups is 2. The highest BCUT2D eigenvalue weighted by Gasteiger charge is 2.33. The van der Waals surface area contributed by atoms with Gasteiger partial charge < -0.3 is 10.4 Å². The van der Waals surface area contributed by atoms with Crippen molar-refractivity contribution in [2.24, 2.45) is 5.92 Å². The van der Waals surface area contributed by atoms with Crippen LogP contribution in [-0.2, 0) is 16.0 Å². The van der Waals surface area contributed by atoms with Crippen LogP contribution in [0.5, 0.6) is 0 Å². The van der Waals surface area contributed by atoms with Crippen LogP contribution in [0.3, 0.4) is 0 Å². The highest BCUT2D eigenvalue weighted by Crippen LogP contribution is 2.34. The van der Waals surface area contributed by atoms with Crippen molar-refractivity contribution in [2.75, 3.05) is 0 Å². The van der Waals surface area contributed by atoms with Gasteiger partial charge in [-0.2, -0.15) is 0 Å². The fourth-order valence-corrected chi connectivity index (χ4v) is 2.29. The Morgan fingerprint density at radius 2 is 2.05 bits per heavy atom. The predicted octanol–water partition coefficient (Wildman–Crippen LogP) is 2.27. The van der Waals surface area contributed by atoms with E-state index in [0.717, 1.165) is 18.9 Å². The van der Waals surface area contributed by atoms with Crippen LogP contribution in [-0.4, -0.2) is 23.0 Å². The van der Waals surface area contributed by atoms with Crippen molar-refractivity contribution in [1.82, 2.24) is 5.32 Å². The minimum atomic E-state index is -0.955. The van der Waals surface area contributed by atoms with E-state index in [4.69, 9.17) is 5.11 Å². The van der Waals surface area contributed by atoms with Gasteiger partial charge in [0.15, 0.2) is 11.6 Å². The summed E-state index contributed by atoms with van der Waals surface area (Å²) in [6.45, 7) is 0. The summed E-state index contributed by atoms with van der Waals surface area (Å²) in [6, 6.07) is 3.48. The number of hydrogen-bond donors (Lipinski definition) is 2. The summed E-state index contributed by atoms with van der Waals surface area (Å²) in [5.74, 6) is -2.94. The van der Waals surface area contributed by atoms with Gasteiger partial charge in [-0.1, -0.05) is 12.1 Å². The molecule has 0 bridgehead atoms. The summed E-state index contributed by atoms with van der Waals surface area (Å²) in [6.07, 6.45) is 1.81. The van der Waals surface area contributed by atoms with Crippen molar-refractivity contribution < 1.29 is 23.5 Å². The van der Waals surface area contributed by atoms with E-state index in [2.05, 4.69) is 5.32 Å². The number of carboxylic acid groups (broad SMARTS) is 1. The van der Waals surface area contributed by atoms with E-state index in [-0.39, 0.29) is 42.7 Å². The highest BCUT2D eigenvalue weighted by molar-refractivity contribution is 5.77. The van der Waals surface area contributed by atoms with Gasteiger partial charge in [0.05, 0.1) is 6.42 Å². The molecular formula is C15H17F2NO3. The van der Waals surface area contributed by atoms with Crippen LogP contribution >= 0.6 is 0 Å². The molecule has 0 heterocycles. The second kappa shape index (κ2) is 6.65. The number of nitrogens with one attached hydrogen (secondary N) is 1. The van der Waals surface area contributed by atoms with Gasteiger partial charge in [0, 0.05) is 12.5 Å². The first kappa shape index (κ1) is 15.4. The summed E-state index contributed by atoms with van der Waals surface area (Å²) in [5, 5.41) is 11.5. The summed E-state index contributed by atoms with van der Waals surface area (Å²) >= 11 is 0. The molecule has 1 saturated carbocycles. The van der Waals surface area contributed by atoms with Crippen molar-refractivity contribution in [2.45, 2.75) is 38.1 Å². The van der Waals surface area contributed by atoms with Crippen LogP contribution in [0.2, 0.25) is 0 Å². The molecule has 1 aromatic carbocycles. The molecule has 1 aliphatic carbocycles.